The Balaban J connectivity index is 1.95. The van der Waals surface area contributed by atoms with Gasteiger partial charge in [0.2, 0.25) is 0 Å². The fourth-order valence-electron chi connectivity index (χ4n) is 3.08. The maximum atomic E-state index is 11.8. The van der Waals surface area contributed by atoms with Crippen molar-refractivity contribution in [1.29, 1.82) is 0 Å². The van der Waals surface area contributed by atoms with E-state index in [1.807, 2.05) is 61.5 Å². The van der Waals surface area contributed by atoms with Crippen LogP contribution in [0.25, 0.3) is 11.3 Å². The zero-order chi connectivity index (χ0) is 18.7. The number of primary amides is 1. The Bertz CT molecular complexity index is 912. The van der Waals surface area contributed by atoms with E-state index in [0.717, 1.165) is 40.7 Å². The number of hydrogen-bond donors (Lipinski definition) is 1. The molecule has 5 heteroatoms. The van der Waals surface area contributed by atoms with Crippen LogP contribution in [-0.4, -0.2) is 17.6 Å². The lowest BCUT2D eigenvalue weighted by atomic mass is 10.1. The average molecular weight is 369 g/mol. The smallest absolute Gasteiger partial charge is 0.250 e. The summed E-state index contributed by atoms with van der Waals surface area (Å²) < 4.78 is 7.36. The largest absolute Gasteiger partial charge is 0.497 e. The molecule has 0 aliphatic rings. The summed E-state index contributed by atoms with van der Waals surface area (Å²) in [6, 6.07) is 17.5. The van der Waals surface area contributed by atoms with Crippen molar-refractivity contribution in [2.45, 2.75) is 19.9 Å². The van der Waals surface area contributed by atoms with Crippen LogP contribution in [0, 0.1) is 6.92 Å². The topological polar surface area (TPSA) is 57.2 Å². The predicted molar refractivity (Wildman–Crippen MR) is 105 cm³/mol. The number of ether oxygens (including phenoxy) is 1. The molecule has 0 saturated heterocycles. The number of hydrogen-bond acceptors (Lipinski definition) is 2. The van der Waals surface area contributed by atoms with Gasteiger partial charge in [-0.25, -0.2) is 0 Å². The Morgan fingerprint density at radius 1 is 1.12 bits per heavy atom. The number of halogens is 1. The second-order valence-corrected chi connectivity index (χ2v) is 6.59. The van der Waals surface area contributed by atoms with Crippen LogP contribution in [0.15, 0.2) is 54.6 Å². The van der Waals surface area contributed by atoms with Crippen molar-refractivity contribution in [2.75, 3.05) is 7.11 Å². The average Bonchev–Trinajstić information content (AvgIpc) is 2.98. The molecule has 2 aromatic carbocycles. The number of carbonyl (C=O) groups is 1. The zero-order valence-corrected chi connectivity index (χ0v) is 15.6. The third-order valence-corrected chi connectivity index (χ3v) is 4.81. The van der Waals surface area contributed by atoms with Gasteiger partial charge in [0.1, 0.15) is 5.75 Å². The molecule has 0 spiro atoms. The Hall–Kier alpha value is -2.72. The lowest BCUT2D eigenvalue weighted by Gasteiger charge is -2.13. The molecule has 1 heterocycles. The van der Waals surface area contributed by atoms with Gasteiger partial charge in [0.25, 0.3) is 5.91 Å². The molecule has 0 atom stereocenters. The molecule has 2 N–H and O–H groups in total. The van der Waals surface area contributed by atoms with Gasteiger partial charge in [-0.3, -0.25) is 4.79 Å². The Morgan fingerprint density at radius 3 is 2.35 bits per heavy atom. The van der Waals surface area contributed by atoms with E-state index >= 15 is 0 Å². The molecule has 0 fully saturated rings. The van der Waals surface area contributed by atoms with E-state index in [-0.39, 0.29) is 0 Å². The lowest BCUT2D eigenvalue weighted by molar-refractivity contribution is 0.0999. The fraction of sp³-hybridized carbons (Fsp3) is 0.190. The maximum absolute atomic E-state index is 11.8. The maximum Gasteiger partial charge on any atom is 0.250 e. The molecule has 3 rings (SSSR count). The van der Waals surface area contributed by atoms with Crippen LogP contribution < -0.4 is 10.5 Å². The number of carbonyl (C=O) groups excluding carboxylic acids is 1. The molecule has 0 saturated carbocycles. The van der Waals surface area contributed by atoms with E-state index < -0.39 is 5.91 Å². The molecule has 3 aromatic rings. The van der Waals surface area contributed by atoms with Gasteiger partial charge in [0.15, 0.2) is 0 Å². The number of nitrogens with zero attached hydrogens (tertiary/aromatic N) is 1. The van der Waals surface area contributed by atoms with Gasteiger partial charge in [0.05, 0.1) is 12.7 Å². The van der Waals surface area contributed by atoms with Crippen molar-refractivity contribution >= 4 is 17.5 Å². The van der Waals surface area contributed by atoms with E-state index in [0.29, 0.717) is 5.56 Å². The number of aryl methyl sites for hydroxylation is 1. The van der Waals surface area contributed by atoms with E-state index in [9.17, 15) is 4.79 Å². The highest BCUT2D eigenvalue weighted by Crippen LogP contribution is 2.28. The van der Waals surface area contributed by atoms with E-state index in [2.05, 4.69) is 4.57 Å². The van der Waals surface area contributed by atoms with Crippen LogP contribution in [-0.2, 0) is 13.0 Å². The molecule has 26 heavy (non-hydrogen) atoms. The number of amides is 1. The van der Waals surface area contributed by atoms with Gasteiger partial charge in [-0.15, -0.1) is 0 Å². The SMILES string of the molecule is COc1ccc(-c2cc(C(N)=O)c(C)n2CCc2ccc(Cl)cc2)cc1. The van der Waals surface area contributed by atoms with E-state index in [4.69, 9.17) is 22.1 Å². The molecule has 0 unspecified atom stereocenters. The van der Waals surface area contributed by atoms with Crippen LogP contribution in [0.3, 0.4) is 0 Å². The number of nitrogens with two attached hydrogens (primary N) is 1. The quantitative estimate of drug-likeness (QED) is 0.698. The van der Waals surface area contributed by atoms with Gasteiger partial charge < -0.3 is 15.0 Å². The molecule has 134 valence electrons. The summed E-state index contributed by atoms with van der Waals surface area (Å²) in [5.74, 6) is 0.377. The molecule has 4 nitrogen and oxygen atoms in total. The van der Waals surface area contributed by atoms with E-state index in [1.54, 1.807) is 7.11 Å². The normalized spacial score (nSPS) is 10.7. The number of benzene rings is 2. The highest BCUT2D eigenvalue weighted by atomic mass is 35.5. The standard InChI is InChI=1S/C21H21ClN2O2/c1-14-19(21(23)25)13-20(16-5-9-18(26-2)10-6-16)24(14)12-11-15-3-7-17(22)8-4-15/h3-10,13H,11-12H2,1-2H3,(H2,23,25). The highest BCUT2D eigenvalue weighted by Gasteiger charge is 2.16. The van der Waals surface area contributed by atoms with Crippen LogP contribution in [0.1, 0.15) is 21.6 Å². The predicted octanol–water partition coefficient (Wildman–Crippen LogP) is 4.47. The monoisotopic (exact) mass is 368 g/mol. The lowest BCUT2D eigenvalue weighted by Crippen LogP contribution is -2.13. The van der Waals surface area contributed by atoms with Gasteiger partial charge in [0, 0.05) is 23.0 Å². The van der Waals surface area contributed by atoms with Gasteiger partial charge >= 0.3 is 0 Å². The van der Waals surface area contributed by atoms with Crippen LogP contribution >= 0.6 is 11.6 Å². The van der Waals surface area contributed by atoms with E-state index in [1.165, 1.54) is 5.56 Å². The number of aromatic nitrogens is 1. The number of rotatable bonds is 6. The first-order valence-corrected chi connectivity index (χ1v) is 8.76. The Kier molecular flexibility index (Phi) is 5.33. The van der Waals surface area contributed by atoms with Crippen LogP contribution in [0.5, 0.6) is 5.75 Å². The van der Waals surface area contributed by atoms with Crippen LogP contribution in [0.2, 0.25) is 5.02 Å². The summed E-state index contributed by atoms with van der Waals surface area (Å²) in [4.78, 5) is 11.8. The summed E-state index contributed by atoms with van der Waals surface area (Å²) >= 11 is 5.96. The van der Waals surface area contributed by atoms with Crippen molar-refractivity contribution in [3.05, 3.63) is 76.4 Å². The molecule has 0 aliphatic heterocycles. The molecular formula is C21H21ClN2O2. The summed E-state index contributed by atoms with van der Waals surface area (Å²) in [6.07, 6.45) is 0.827. The summed E-state index contributed by atoms with van der Waals surface area (Å²) in [7, 11) is 1.64. The Morgan fingerprint density at radius 2 is 1.77 bits per heavy atom. The minimum absolute atomic E-state index is 0.414. The first kappa shape index (κ1) is 18.1. The highest BCUT2D eigenvalue weighted by molar-refractivity contribution is 6.30. The third-order valence-electron chi connectivity index (χ3n) is 4.56. The van der Waals surface area contributed by atoms with Gasteiger partial charge in [-0.1, -0.05) is 23.7 Å². The van der Waals surface area contributed by atoms with Gasteiger partial charge in [-0.05, 0) is 66.9 Å². The van der Waals surface area contributed by atoms with Crippen molar-refractivity contribution in [2.24, 2.45) is 5.73 Å². The first-order chi connectivity index (χ1) is 12.5. The van der Waals surface area contributed by atoms with Crippen molar-refractivity contribution < 1.29 is 9.53 Å². The summed E-state index contributed by atoms with van der Waals surface area (Å²) in [6.45, 7) is 2.66. The van der Waals surface area contributed by atoms with Crippen molar-refractivity contribution in [3.63, 3.8) is 0 Å². The molecule has 0 bridgehead atoms. The molecule has 0 radical (unpaired) electrons. The van der Waals surface area contributed by atoms with Crippen molar-refractivity contribution in [1.82, 2.24) is 4.57 Å². The molecular weight excluding hydrogens is 348 g/mol. The van der Waals surface area contributed by atoms with Gasteiger partial charge in [-0.2, -0.15) is 0 Å². The summed E-state index contributed by atoms with van der Waals surface area (Å²) in [5, 5.41) is 0.723. The molecule has 1 aromatic heterocycles. The van der Waals surface area contributed by atoms with Crippen molar-refractivity contribution in [3.8, 4) is 17.0 Å². The molecule has 0 aliphatic carbocycles. The first-order valence-electron chi connectivity index (χ1n) is 8.38. The minimum atomic E-state index is -0.414. The summed E-state index contributed by atoms with van der Waals surface area (Å²) in [5.41, 5.74) is 10.1. The second-order valence-electron chi connectivity index (χ2n) is 6.15. The minimum Gasteiger partial charge on any atom is -0.497 e. The number of methoxy groups -OCH3 is 1. The third kappa shape index (κ3) is 3.75. The zero-order valence-electron chi connectivity index (χ0n) is 14.8. The second kappa shape index (κ2) is 7.67. The molecule has 1 amide bonds. The fourth-order valence-corrected chi connectivity index (χ4v) is 3.20. The van der Waals surface area contributed by atoms with Crippen LogP contribution in [0.4, 0.5) is 0 Å². The Labute approximate surface area is 158 Å².